The minimum absolute atomic E-state index is 1.11. The van der Waals surface area contributed by atoms with Crippen LogP contribution in [0, 0.1) is 0 Å². The van der Waals surface area contributed by atoms with Crippen molar-refractivity contribution < 1.29 is 0 Å². The molecule has 6 aromatic carbocycles. The largest absolute Gasteiger partial charge is 0.309 e. The van der Waals surface area contributed by atoms with Crippen molar-refractivity contribution in [2.24, 2.45) is 4.30 Å². The Labute approximate surface area is 259 Å². The molecule has 0 aliphatic heterocycles. The maximum absolute atomic E-state index is 4.34. The number of thiol groups is 1. The van der Waals surface area contributed by atoms with Gasteiger partial charge in [0.15, 0.2) is 0 Å². The molecule has 0 N–H and O–H groups in total. The maximum Gasteiger partial charge on any atom is 0.0541 e. The number of nitrogens with zero attached hydrogens (tertiary/aromatic N) is 3. The molecule has 0 atom stereocenters. The van der Waals surface area contributed by atoms with Crippen LogP contribution in [0.5, 0.6) is 0 Å². The third-order valence-corrected chi connectivity index (χ3v) is 7.74. The molecule has 3 nitrogen and oxygen atoms in total. The summed E-state index contributed by atoms with van der Waals surface area (Å²) in [7, 11) is 4.34. The minimum atomic E-state index is 1.11. The Morgan fingerprint density at radius 1 is 0.452 bits per heavy atom. The Hall–Kier alpha value is -4.39. The molecular weight excluding hydrogens is 597 g/mol. The van der Waals surface area contributed by atoms with Gasteiger partial charge in [0.05, 0.1) is 22.1 Å². The third-order valence-electron chi connectivity index (χ3n) is 7.24. The standard InChI is InChI=1S/C18H12BrN.C18H13N.BHNS/c19-13-10-11-18-16(12-13)15-8-4-5-9-17(15)20(18)14-6-2-1-3-7-14;1-2-8-14(9-3-1)19-17-12-6-4-10-15(17)16-11-5-7-13-18(16)19;1-2-3/h1-12H;1-13H;3H. The predicted molar refractivity (Wildman–Crippen MR) is 186 cm³/mol. The van der Waals surface area contributed by atoms with E-state index < -0.39 is 0 Å². The van der Waals surface area contributed by atoms with Gasteiger partial charge in [0, 0.05) is 37.4 Å². The Kier molecular flexibility index (Phi) is 8.36. The summed E-state index contributed by atoms with van der Waals surface area (Å²) < 4.78 is 8.45. The first-order valence-corrected chi connectivity index (χ1v) is 14.7. The van der Waals surface area contributed by atoms with Crippen molar-refractivity contribution >= 4 is 80.0 Å². The number of para-hydroxylation sites is 5. The van der Waals surface area contributed by atoms with Crippen molar-refractivity contribution in [3.8, 4) is 11.4 Å². The molecule has 201 valence electrons. The van der Waals surface area contributed by atoms with E-state index in [0.29, 0.717) is 0 Å². The van der Waals surface area contributed by atoms with Gasteiger partial charge in [-0.25, -0.2) is 0 Å². The average molecular weight is 623 g/mol. The number of rotatable bonds is 2. The normalized spacial score (nSPS) is 10.7. The smallest absolute Gasteiger partial charge is 0.0541 e. The molecule has 0 amide bonds. The van der Waals surface area contributed by atoms with Gasteiger partial charge in [-0.1, -0.05) is 107 Å². The second kappa shape index (κ2) is 12.6. The Morgan fingerprint density at radius 2 is 0.786 bits per heavy atom. The molecule has 0 spiro atoms. The van der Waals surface area contributed by atoms with E-state index in [1.807, 2.05) is 6.07 Å². The molecule has 0 saturated heterocycles. The van der Waals surface area contributed by atoms with E-state index in [1.165, 1.54) is 55.0 Å². The van der Waals surface area contributed by atoms with Gasteiger partial charge in [-0.15, -0.1) is 0 Å². The summed E-state index contributed by atoms with van der Waals surface area (Å²) in [4.78, 5) is 0. The van der Waals surface area contributed by atoms with E-state index in [0.717, 1.165) is 4.47 Å². The van der Waals surface area contributed by atoms with Crippen LogP contribution >= 0.6 is 28.7 Å². The number of benzene rings is 6. The van der Waals surface area contributed by atoms with Gasteiger partial charge in [-0.3, -0.25) is 0 Å². The minimum Gasteiger partial charge on any atom is -0.309 e. The van der Waals surface area contributed by atoms with Crippen molar-refractivity contribution in [1.82, 2.24) is 9.13 Å². The van der Waals surface area contributed by atoms with Crippen molar-refractivity contribution in [3.63, 3.8) is 0 Å². The molecule has 0 fully saturated rings. The van der Waals surface area contributed by atoms with Crippen molar-refractivity contribution in [2.75, 3.05) is 0 Å². The number of hydrogen-bond donors (Lipinski definition) is 1. The second-order valence-electron chi connectivity index (χ2n) is 9.67. The van der Waals surface area contributed by atoms with E-state index in [-0.39, 0.29) is 0 Å². The molecule has 0 aliphatic carbocycles. The van der Waals surface area contributed by atoms with E-state index in [2.05, 4.69) is 195 Å². The molecule has 1 radical (unpaired) electrons. The van der Waals surface area contributed by atoms with Crippen molar-refractivity contribution in [2.45, 2.75) is 0 Å². The Bertz CT molecular complexity index is 2080. The first-order chi connectivity index (χ1) is 20.7. The van der Waals surface area contributed by atoms with Crippen LogP contribution < -0.4 is 0 Å². The van der Waals surface area contributed by atoms with E-state index in [1.54, 1.807) is 0 Å². The van der Waals surface area contributed by atoms with Gasteiger partial charge >= 0.3 is 24.8 Å². The fraction of sp³-hybridized carbons (Fsp3) is 0. The quantitative estimate of drug-likeness (QED) is 0.146. The van der Waals surface area contributed by atoms with Crippen LogP contribution in [0.4, 0.5) is 0 Å². The monoisotopic (exact) mass is 622 g/mol. The zero-order valence-corrected chi connectivity index (χ0v) is 25.2. The van der Waals surface area contributed by atoms with Crippen LogP contribution in [0.15, 0.2) is 160 Å². The number of aromatic nitrogens is 2. The van der Waals surface area contributed by atoms with Crippen LogP contribution in [0.1, 0.15) is 0 Å². The van der Waals surface area contributed by atoms with Gasteiger partial charge in [0.25, 0.3) is 0 Å². The first kappa shape index (κ1) is 27.8. The zero-order chi connectivity index (χ0) is 28.9. The summed E-state index contributed by atoms with van der Waals surface area (Å²) in [5.74, 6) is 0. The van der Waals surface area contributed by atoms with Gasteiger partial charge in [-0.05, 0) is 60.7 Å². The van der Waals surface area contributed by atoms with Gasteiger partial charge < -0.3 is 9.13 Å². The summed E-state index contributed by atoms with van der Waals surface area (Å²) in [5, 5.41) is 5.18. The van der Waals surface area contributed by atoms with Gasteiger partial charge in [0.1, 0.15) is 0 Å². The van der Waals surface area contributed by atoms with Gasteiger partial charge in [0.2, 0.25) is 0 Å². The molecule has 0 saturated carbocycles. The topological polar surface area (TPSA) is 22.2 Å². The molecule has 2 heterocycles. The first-order valence-electron chi connectivity index (χ1n) is 13.5. The molecule has 42 heavy (non-hydrogen) atoms. The van der Waals surface area contributed by atoms with E-state index >= 15 is 0 Å². The zero-order valence-electron chi connectivity index (χ0n) is 22.7. The molecule has 0 bridgehead atoms. The molecule has 2 aromatic heterocycles. The van der Waals surface area contributed by atoms with Crippen LogP contribution in [0.3, 0.4) is 0 Å². The van der Waals surface area contributed by atoms with Crippen LogP contribution in [0.2, 0.25) is 0 Å². The fourth-order valence-electron chi connectivity index (χ4n) is 5.58. The summed E-state index contributed by atoms with van der Waals surface area (Å²) in [6.45, 7) is 0. The van der Waals surface area contributed by atoms with Crippen LogP contribution in [-0.2, 0) is 0 Å². The SMILES string of the molecule is Brc1ccc2c(c1)c1ccccc1n2-c1ccccc1.[B]=NS.c1ccc(-n2c3ccccc3c3ccccc32)cc1. The number of halogens is 1. The molecule has 6 heteroatoms. The fourth-order valence-corrected chi connectivity index (χ4v) is 5.94. The van der Waals surface area contributed by atoms with E-state index in [4.69, 9.17) is 0 Å². The van der Waals surface area contributed by atoms with Crippen molar-refractivity contribution in [3.05, 3.63) is 156 Å². The predicted octanol–water partition coefficient (Wildman–Crippen LogP) is 10.5. The molecule has 8 rings (SSSR count). The maximum atomic E-state index is 4.34. The van der Waals surface area contributed by atoms with Gasteiger partial charge in [-0.2, -0.15) is 0 Å². The number of fused-ring (bicyclic) bond motifs is 6. The Balaban J connectivity index is 0.000000138. The second-order valence-corrected chi connectivity index (χ2v) is 10.8. The summed E-state index contributed by atoms with van der Waals surface area (Å²) in [5.41, 5.74) is 7.40. The molecular formula is C36H26BBrN3S. The summed E-state index contributed by atoms with van der Waals surface area (Å²) in [6.07, 6.45) is 0. The molecule has 0 unspecified atom stereocenters. The average Bonchev–Trinajstić information content (AvgIpc) is 3.55. The third kappa shape index (κ3) is 5.31. The Morgan fingerprint density at radius 3 is 1.21 bits per heavy atom. The van der Waals surface area contributed by atoms with Crippen molar-refractivity contribution in [1.29, 1.82) is 0 Å². The number of hydrogen-bond acceptors (Lipinski definition) is 2. The van der Waals surface area contributed by atoms with Crippen LogP contribution in [-0.4, -0.2) is 16.8 Å². The molecule has 0 aliphatic rings. The van der Waals surface area contributed by atoms with Crippen LogP contribution in [0.25, 0.3) is 55.0 Å². The molecule has 8 aromatic rings. The summed E-state index contributed by atoms with van der Waals surface area (Å²) >= 11 is 6.77. The van der Waals surface area contributed by atoms with E-state index in [9.17, 15) is 0 Å². The summed E-state index contributed by atoms with van der Waals surface area (Å²) in [6, 6.07) is 53.2.